The second-order valence-corrected chi connectivity index (χ2v) is 9.24. The highest BCUT2D eigenvalue weighted by Crippen LogP contribution is 2.41. The van der Waals surface area contributed by atoms with E-state index in [1.165, 1.54) is 0 Å². The molecular formula is C27H35N3O5. The molecule has 188 valence electrons. The van der Waals surface area contributed by atoms with Crippen molar-refractivity contribution in [1.82, 2.24) is 14.8 Å². The zero-order valence-electron chi connectivity index (χ0n) is 21.0. The van der Waals surface area contributed by atoms with Gasteiger partial charge < -0.3 is 24.5 Å². The number of H-pyrrole nitrogens is 1. The first-order valence-corrected chi connectivity index (χ1v) is 12.3. The number of aromatic amines is 1. The number of carbonyl (C=O) groups excluding carboxylic acids is 2. The lowest BCUT2D eigenvalue weighted by Crippen LogP contribution is -2.42. The highest BCUT2D eigenvalue weighted by molar-refractivity contribution is 6.46. The van der Waals surface area contributed by atoms with Gasteiger partial charge in [-0.15, -0.1) is 0 Å². The maximum Gasteiger partial charge on any atom is 0.295 e. The minimum Gasteiger partial charge on any atom is -0.507 e. The van der Waals surface area contributed by atoms with E-state index in [1.54, 1.807) is 4.90 Å². The molecule has 1 amide bonds. The summed E-state index contributed by atoms with van der Waals surface area (Å²) in [5.74, 6) is -0.640. The fourth-order valence-electron chi connectivity index (χ4n) is 4.89. The minimum absolute atomic E-state index is 0.129. The Hall–Kier alpha value is -3.10. The molecule has 8 heteroatoms. The van der Waals surface area contributed by atoms with E-state index in [0.29, 0.717) is 38.5 Å². The van der Waals surface area contributed by atoms with Crippen molar-refractivity contribution in [3.63, 3.8) is 0 Å². The lowest BCUT2D eigenvalue weighted by molar-refractivity contribution is -0.140. The number of Topliss-reactive ketones (excluding diaryl/α,β-unsaturated/α-hetero) is 1. The van der Waals surface area contributed by atoms with Crippen LogP contribution in [0.15, 0.2) is 29.8 Å². The van der Waals surface area contributed by atoms with E-state index in [9.17, 15) is 14.7 Å². The van der Waals surface area contributed by atoms with Crippen LogP contribution in [0.3, 0.4) is 0 Å². The zero-order valence-corrected chi connectivity index (χ0v) is 21.0. The van der Waals surface area contributed by atoms with Crippen LogP contribution >= 0.6 is 0 Å². The second-order valence-electron chi connectivity index (χ2n) is 9.24. The van der Waals surface area contributed by atoms with Crippen LogP contribution in [0, 0.1) is 20.8 Å². The van der Waals surface area contributed by atoms with E-state index in [0.717, 1.165) is 47.8 Å². The molecule has 2 saturated heterocycles. The van der Waals surface area contributed by atoms with E-state index < -0.39 is 17.7 Å². The molecule has 2 fully saturated rings. The fraction of sp³-hybridized carbons (Fsp3) is 0.481. The number of likely N-dealkylation sites (tertiary alicyclic amines) is 1. The van der Waals surface area contributed by atoms with Crippen LogP contribution in [-0.2, 0) is 14.3 Å². The third kappa shape index (κ3) is 4.99. The minimum atomic E-state index is -0.676. The van der Waals surface area contributed by atoms with Gasteiger partial charge in [-0.1, -0.05) is 19.1 Å². The van der Waals surface area contributed by atoms with Crippen molar-refractivity contribution in [2.45, 2.75) is 40.2 Å². The van der Waals surface area contributed by atoms with Crippen LogP contribution in [0.5, 0.6) is 5.75 Å². The molecule has 2 aliphatic heterocycles. The number of aryl methyl sites for hydroxylation is 2. The maximum absolute atomic E-state index is 13.3. The molecule has 2 aliphatic rings. The van der Waals surface area contributed by atoms with Gasteiger partial charge in [0.25, 0.3) is 11.7 Å². The second kappa shape index (κ2) is 10.7. The molecule has 1 aromatic carbocycles. The molecule has 8 nitrogen and oxygen atoms in total. The molecule has 2 aromatic rings. The zero-order chi connectivity index (χ0) is 25.1. The summed E-state index contributed by atoms with van der Waals surface area (Å²) in [6.07, 6.45) is 0.901. The van der Waals surface area contributed by atoms with Gasteiger partial charge in [0.15, 0.2) is 0 Å². The molecule has 1 aromatic heterocycles. The lowest BCUT2D eigenvalue weighted by Gasteiger charge is -2.31. The molecule has 0 radical (unpaired) electrons. The standard InChI is InChI=1S/C27H35N3O5/c1-5-14-35-21-8-6-20(7-9-21)24-23(25(31)22-17(2)18(3)28-19(22)4)26(32)27(33)30(24)11-10-29-12-15-34-16-13-29/h6-9,24,28,31H,5,10-16H2,1-4H3/b25-23+. The number of aromatic nitrogens is 1. The highest BCUT2D eigenvalue weighted by atomic mass is 16.5. The van der Waals surface area contributed by atoms with Crippen LogP contribution in [0.2, 0.25) is 0 Å². The van der Waals surface area contributed by atoms with Gasteiger partial charge in [0.1, 0.15) is 11.5 Å². The smallest absolute Gasteiger partial charge is 0.295 e. The molecule has 35 heavy (non-hydrogen) atoms. The maximum atomic E-state index is 13.3. The number of hydrogen-bond donors (Lipinski definition) is 2. The molecular weight excluding hydrogens is 446 g/mol. The van der Waals surface area contributed by atoms with Crippen LogP contribution in [0.25, 0.3) is 5.76 Å². The van der Waals surface area contributed by atoms with E-state index in [-0.39, 0.29) is 11.3 Å². The van der Waals surface area contributed by atoms with Crippen molar-refractivity contribution in [3.8, 4) is 5.75 Å². The number of aliphatic hydroxyl groups is 1. The quantitative estimate of drug-likeness (QED) is 0.341. The average molecular weight is 482 g/mol. The number of ketones is 1. The number of rotatable bonds is 8. The first kappa shape index (κ1) is 25.0. The predicted molar refractivity (Wildman–Crippen MR) is 134 cm³/mol. The summed E-state index contributed by atoms with van der Waals surface area (Å²) in [7, 11) is 0. The van der Waals surface area contributed by atoms with Gasteiger partial charge >= 0.3 is 0 Å². The van der Waals surface area contributed by atoms with Gasteiger partial charge in [0.05, 0.1) is 31.4 Å². The summed E-state index contributed by atoms with van der Waals surface area (Å²) in [5.41, 5.74) is 4.02. The molecule has 0 aliphatic carbocycles. The number of amides is 1. The van der Waals surface area contributed by atoms with Crippen LogP contribution in [0.4, 0.5) is 0 Å². The van der Waals surface area contributed by atoms with Crippen LogP contribution in [0.1, 0.15) is 47.5 Å². The number of benzene rings is 1. The Morgan fingerprint density at radius 2 is 1.77 bits per heavy atom. The summed E-state index contributed by atoms with van der Waals surface area (Å²) in [5, 5.41) is 11.4. The normalized spacial score (nSPS) is 20.6. The Balaban J connectivity index is 1.74. The Morgan fingerprint density at radius 3 is 2.37 bits per heavy atom. The molecule has 1 unspecified atom stereocenters. The molecule has 2 N–H and O–H groups in total. The van der Waals surface area contributed by atoms with Gasteiger partial charge in [-0.25, -0.2) is 0 Å². The highest BCUT2D eigenvalue weighted by Gasteiger charge is 2.46. The Kier molecular flexibility index (Phi) is 7.62. The van der Waals surface area contributed by atoms with Crippen molar-refractivity contribution in [3.05, 3.63) is 57.9 Å². The summed E-state index contributed by atoms with van der Waals surface area (Å²) >= 11 is 0. The number of aliphatic hydroxyl groups excluding tert-OH is 1. The number of morpholine rings is 1. The Bertz CT molecular complexity index is 1110. The van der Waals surface area contributed by atoms with Gasteiger partial charge in [0.2, 0.25) is 0 Å². The van der Waals surface area contributed by atoms with Gasteiger partial charge in [0, 0.05) is 43.1 Å². The topological polar surface area (TPSA) is 95.1 Å². The van der Waals surface area contributed by atoms with E-state index >= 15 is 0 Å². The third-order valence-electron chi connectivity index (χ3n) is 6.89. The molecule has 0 saturated carbocycles. The monoisotopic (exact) mass is 481 g/mol. The third-order valence-corrected chi connectivity index (χ3v) is 6.89. The number of ether oxygens (including phenoxy) is 2. The Morgan fingerprint density at radius 1 is 1.09 bits per heavy atom. The average Bonchev–Trinajstić information content (AvgIpc) is 3.27. The van der Waals surface area contributed by atoms with Crippen molar-refractivity contribution in [2.75, 3.05) is 46.0 Å². The van der Waals surface area contributed by atoms with Crippen LogP contribution < -0.4 is 4.74 Å². The largest absolute Gasteiger partial charge is 0.507 e. The van der Waals surface area contributed by atoms with Crippen molar-refractivity contribution < 1.29 is 24.2 Å². The number of nitrogens with zero attached hydrogens (tertiary/aromatic N) is 2. The van der Waals surface area contributed by atoms with Crippen LogP contribution in [-0.4, -0.2) is 77.6 Å². The van der Waals surface area contributed by atoms with E-state index in [1.807, 2.05) is 52.0 Å². The van der Waals surface area contributed by atoms with E-state index in [4.69, 9.17) is 9.47 Å². The SMILES string of the molecule is CCCOc1ccc(C2/C(=C(\O)c3c(C)[nH]c(C)c3C)C(=O)C(=O)N2CCN2CCOCC2)cc1. The fourth-order valence-corrected chi connectivity index (χ4v) is 4.89. The summed E-state index contributed by atoms with van der Waals surface area (Å²) in [4.78, 5) is 33.6. The van der Waals surface area contributed by atoms with Gasteiger partial charge in [-0.2, -0.15) is 0 Å². The summed E-state index contributed by atoms with van der Waals surface area (Å²) in [6, 6.07) is 6.77. The van der Waals surface area contributed by atoms with Crippen molar-refractivity contribution >= 4 is 17.4 Å². The van der Waals surface area contributed by atoms with E-state index in [2.05, 4.69) is 9.88 Å². The summed E-state index contributed by atoms with van der Waals surface area (Å²) < 4.78 is 11.1. The molecule has 1 atom stereocenters. The number of carbonyl (C=O) groups is 2. The van der Waals surface area contributed by atoms with Crippen molar-refractivity contribution in [2.24, 2.45) is 0 Å². The number of nitrogens with one attached hydrogen (secondary N) is 1. The molecule has 0 bridgehead atoms. The first-order valence-electron chi connectivity index (χ1n) is 12.3. The van der Waals surface area contributed by atoms with Gasteiger partial charge in [-0.05, 0) is 50.5 Å². The Labute approximate surface area is 206 Å². The van der Waals surface area contributed by atoms with Crippen molar-refractivity contribution in [1.29, 1.82) is 0 Å². The number of hydrogen-bond acceptors (Lipinski definition) is 6. The predicted octanol–water partition coefficient (Wildman–Crippen LogP) is 3.48. The molecule has 3 heterocycles. The summed E-state index contributed by atoms with van der Waals surface area (Å²) in [6.45, 7) is 12.3. The lowest BCUT2D eigenvalue weighted by atomic mass is 9.94. The molecule has 4 rings (SSSR count). The molecule has 0 spiro atoms. The first-order chi connectivity index (χ1) is 16.8. The van der Waals surface area contributed by atoms with Gasteiger partial charge in [-0.3, -0.25) is 14.5 Å².